The minimum absolute atomic E-state index is 0. The zero-order valence-corrected chi connectivity index (χ0v) is 16.0. The van der Waals surface area contributed by atoms with Crippen molar-refractivity contribution in [3.63, 3.8) is 0 Å². The number of nitrogens with zero attached hydrogens (tertiary/aromatic N) is 1. The van der Waals surface area contributed by atoms with Crippen molar-refractivity contribution < 1.29 is 4.79 Å². The van der Waals surface area contributed by atoms with E-state index in [-0.39, 0.29) is 30.7 Å². The Labute approximate surface area is 159 Å². The van der Waals surface area contributed by atoms with E-state index >= 15 is 0 Å². The van der Waals surface area contributed by atoms with Crippen molar-refractivity contribution in [1.82, 2.24) is 15.6 Å². The van der Waals surface area contributed by atoms with Crippen LogP contribution >= 0.6 is 36.2 Å². The molecule has 1 aliphatic heterocycles. The van der Waals surface area contributed by atoms with Gasteiger partial charge >= 0.3 is 0 Å². The Bertz CT molecular complexity index is 657. The van der Waals surface area contributed by atoms with Crippen LogP contribution in [0.3, 0.4) is 0 Å². The van der Waals surface area contributed by atoms with Crippen LogP contribution < -0.4 is 10.6 Å². The minimum atomic E-state index is -0.000579. The molecule has 2 aromatic rings. The van der Waals surface area contributed by atoms with E-state index in [1.165, 1.54) is 12.8 Å². The van der Waals surface area contributed by atoms with Gasteiger partial charge in [0.1, 0.15) is 0 Å². The molecule has 0 bridgehead atoms. The molecule has 1 unspecified atom stereocenters. The molecule has 132 valence electrons. The maximum absolute atomic E-state index is 12.3. The molecule has 0 saturated carbocycles. The quantitative estimate of drug-likeness (QED) is 0.840. The number of rotatable bonds is 4. The standard InChI is InChI=1S/C17H21N3OS.2ClH/c1-12-20-16(11-22-12)14-5-2-6-15(8-14)17(21)19-10-13-4-3-7-18-9-13;;/h2,5-6,8,11,13,18H,3-4,7,9-10H2,1H3,(H,19,21);2*1H. The maximum atomic E-state index is 12.3. The first-order chi connectivity index (χ1) is 10.7. The van der Waals surface area contributed by atoms with Gasteiger partial charge in [-0.15, -0.1) is 36.2 Å². The average Bonchev–Trinajstić information content (AvgIpc) is 3.00. The maximum Gasteiger partial charge on any atom is 0.251 e. The molecule has 2 N–H and O–H groups in total. The summed E-state index contributed by atoms with van der Waals surface area (Å²) in [4.78, 5) is 16.8. The zero-order valence-electron chi connectivity index (χ0n) is 13.6. The Morgan fingerprint density at radius 2 is 2.25 bits per heavy atom. The second kappa shape index (κ2) is 9.99. The van der Waals surface area contributed by atoms with Crippen molar-refractivity contribution in [2.45, 2.75) is 19.8 Å². The van der Waals surface area contributed by atoms with Gasteiger partial charge in [-0.25, -0.2) is 4.98 Å². The van der Waals surface area contributed by atoms with Gasteiger partial charge < -0.3 is 10.6 Å². The summed E-state index contributed by atoms with van der Waals surface area (Å²) >= 11 is 1.62. The highest BCUT2D eigenvalue weighted by Gasteiger charge is 2.15. The lowest BCUT2D eigenvalue weighted by Crippen LogP contribution is -2.38. The van der Waals surface area contributed by atoms with E-state index in [4.69, 9.17) is 0 Å². The molecule has 1 aliphatic rings. The molecule has 1 amide bonds. The van der Waals surface area contributed by atoms with E-state index in [2.05, 4.69) is 15.6 Å². The number of amides is 1. The van der Waals surface area contributed by atoms with Crippen LogP contribution in [0.25, 0.3) is 11.3 Å². The second-order valence-corrected chi connectivity index (χ2v) is 6.82. The Morgan fingerprint density at radius 3 is 2.92 bits per heavy atom. The van der Waals surface area contributed by atoms with Crippen molar-refractivity contribution >= 4 is 42.1 Å². The lowest BCUT2D eigenvalue weighted by atomic mass is 9.99. The number of hydrogen-bond acceptors (Lipinski definition) is 4. The van der Waals surface area contributed by atoms with Gasteiger partial charge in [-0.05, 0) is 50.9 Å². The number of halogens is 2. The number of benzene rings is 1. The normalized spacial score (nSPS) is 16.6. The molecule has 1 fully saturated rings. The summed E-state index contributed by atoms with van der Waals surface area (Å²) in [6.07, 6.45) is 2.38. The monoisotopic (exact) mass is 387 g/mol. The molecule has 1 aromatic carbocycles. The molecule has 3 rings (SSSR count). The molecular formula is C17H23Cl2N3OS. The Balaban J connectivity index is 0.00000144. The smallest absolute Gasteiger partial charge is 0.251 e. The Kier molecular flexibility index (Phi) is 8.70. The summed E-state index contributed by atoms with van der Waals surface area (Å²) in [6.45, 7) is 4.83. The fraction of sp³-hybridized carbons (Fsp3) is 0.412. The number of piperidine rings is 1. The number of nitrogens with one attached hydrogen (secondary N) is 2. The largest absolute Gasteiger partial charge is 0.352 e. The van der Waals surface area contributed by atoms with Gasteiger partial charge in [0, 0.05) is 23.1 Å². The van der Waals surface area contributed by atoms with E-state index in [9.17, 15) is 4.79 Å². The van der Waals surface area contributed by atoms with Crippen LogP contribution in [0, 0.1) is 12.8 Å². The zero-order chi connectivity index (χ0) is 15.4. The molecule has 1 saturated heterocycles. The van der Waals surface area contributed by atoms with Gasteiger partial charge in [0.2, 0.25) is 0 Å². The highest BCUT2D eigenvalue weighted by atomic mass is 35.5. The van der Waals surface area contributed by atoms with Crippen molar-refractivity contribution in [3.8, 4) is 11.3 Å². The van der Waals surface area contributed by atoms with Gasteiger partial charge in [-0.2, -0.15) is 0 Å². The number of carbonyl (C=O) groups is 1. The summed E-state index contributed by atoms with van der Waals surface area (Å²) in [6, 6.07) is 7.69. The van der Waals surface area contributed by atoms with E-state index in [1.54, 1.807) is 11.3 Å². The fourth-order valence-corrected chi connectivity index (χ4v) is 3.38. The average molecular weight is 388 g/mol. The molecule has 1 aromatic heterocycles. The van der Waals surface area contributed by atoms with Gasteiger partial charge in [0.25, 0.3) is 5.91 Å². The third-order valence-corrected chi connectivity index (χ3v) is 4.76. The van der Waals surface area contributed by atoms with Crippen LogP contribution in [0.15, 0.2) is 29.6 Å². The lowest BCUT2D eigenvalue weighted by molar-refractivity contribution is 0.0945. The van der Waals surface area contributed by atoms with E-state index in [0.29, 0.717) is 11.5 Å². The van der Waals surface area contributed by atoms with Crippen molar-refractivity contribution in [2.24, 2.45) is 5.92 Å². The third kappa shape index (κ3) is 5.45. The lowest BCUT2D eigenvalue weighted by Gasteiger charge is -2.22. The summed E-state index contributed by atoms with van der Waals surface area (Å²) in [5.74, 6) is 0.543. The molecule has 4 nitrogen and oxygen atoms in total. The number of hydrogen-bond donors (Lipinski definition) is 2. The van der Waals surface area contributed by atoms with Gasteiger partial charge in [-0.1, -0.05) is 12.1 Å². The summed E-state index contributed by atoms with van der Waals surface area (Å²) in [5, 5.41) is 9.49. The Hall–Kier alpha value is -1.14. The third-order valence-electron chi connectivity index (χ3n) is 3.99. The second-order valence-electron chi connectivity index (χ2n) is 5.75. The molecule has 0 aliphatic carbocycles. The van der Waals surface area contributed by atoms with E-state index in [1.807, 2.05) is 36.6 Å². The molecule has 2 heterocycles. The highest BCUT2D eigenvalue weighted by Crippen LogP contribution is 2.22. The first kappa shape index (κ1) is 20.9. The van der Waals surface area contributed by atoms with Crippen LogP contribution in [-0.2, 0) is 0 Å². The van der Waals surface area contributed by atoms with Crippen LogP contribution in [0.4, 0.5) is 0 Å². The summed E-state index contributed by atoms with van der Waals surface area (Å²) < 4.78 is 0. The fourth-order valence-electron chi connectivity index (χ4n) is 2.75. The highest BCUT2D eigenvalue weighted by molar-refractivity contribution is 7.09. The SMILES string of the molecule is Cc1nc(-c2cccc(C(=O)NCC3CCCNC3)c2)cs1.Cl.Cl. The first-order valence-corrected chi connectivity index (χ1v) is 8.62. The molecule has 7 heteroatoms. The molecule has 0 spiro atoms. The number of aromatic nitrogens is 1. The van der Waals surface area contributed by atoms with Crippen LogP contribution in [0.2, 0.25) is 0 Å². The number of carbonyl (C=O) groups excluding carboxylic acids is 1. The van der Waals surface area contributed by atoms with Gasteiger partial charge in [-0.3, -0.25) is 4.79 Å². The van der Waals surface area contributed by atoms with Gasteiger partial charge in [0.15, 0.2) is 0 Å². The van der Waals surface area contributed by atoms with Crippen molar-refractivity contribution in [3.05, 3.63) is 40.2 Å². The van der Waals surface area contributed by atoms with Crippen LogP contribution in [0.1, 0.15) is 28.2 Å². The number of thiazole rings is 1. The summed E-state index contributed by atoms with van der Waals surface area (Å²) in [7, 11) is 0. The molecular weight excluding hydrogens is 365 g/mol. The summed E-state index contributed by atoms with van der Waals surface area (Å²) in [5.41, 5.74) is 2.64. The minimum Gasteiger partial charge on any atom is -0.352 e. The van der Waals surface area contributed by atoms with Crippen molar-refractivity contribution in [1.29, 1.82) is 0 Å². The first-order valence-electron chi connectivity index (χ1n) is 7.74. The predicted molar refractivity (Wildman–Crippen MR) is 105 cm³/mol. The van der Waals surface area contributed by atoms with Crippen molar-refractivity contribution in [2.75, 3.05) is 19.6 Å². The topological polar surface area (TPSA) is 54.0 Å². The molecule has 0 radical (unpaired) electrons. The van der Waals surface area contributed by atoms with Gasteiger partial charge in [0.05, 0.1) is 10.7 Å². The van der Waals surface area contributed by atoms with Crippen LogP contribution in [0.5, 0.6) is 0 Å². The molecule has 24 heavy (non-hydrogen) atoms. The van der Waals surface area contributed by atoms with E-state index < -0.39 is 0 Å². The molecule has 1 atom stereocenters. The predicted octanol–water partition coefficient (Wildman–Crippen LogP) is 3.69. The van der Waals surface area contributed by atoms with Crippen LogP contribution in [-0.4, -0.2) is 30.5 Å². The Morgan fingerprint density at radius 1 is 1.42 bits per heavy atom. The number of aryl methyl sites for hydroxylation is 1. The van der Waals surface area contributed by atoms with E-state index in [0.717, 1.165) is 35.9 Å².